The van der Waals surface area contributed by atoms with Gasteiger partial charge in [-0.3, -0.25) is 0 Å². The molecule has 5 heteroatoms. The largest absolute Gasteiger partial charge is 0.239 e. The van der Waals surface area contributed by atoms with E-state index in [2.05, 4.69) is 36.7 Å². The van der Waals surface area contributed by atoms with Crippen LogP contribution in [0.1, 0.15) is 26.3 Å². The zero-order chi connectivity index (χ0) is 11.9. The van der Waals surface area contributed by atoms with Gasteiger partial charge in [-0.2, -0.15) is 0 Å². The van der Waals surface area contributed by atoms with Gasteiger partial charge in [0.1, 0.15) is 0 Å². The molecule has 0 spiro atoms. The SMILES string of the molecule is CC(C)(C)c1ccc(S(N)(=O)=O)c(Br)c1. The van der Waals surface area contributed by atoms with Crippen molar-refractivity contribution in [2.24, 2.45) is 5.14 Å². The van der Waals surface area contributed by atoms with E-state index < -0.39 is 10.0 Å². The lowest BCUT2D eigenvalue weighted by molar-refractivity contribution is 0.586. The Hall–Kier alpha value is -0.390. The van der Waals surface area contributed by atoms with Crippen LogP contribution < -0.4 is 5.14 Å². The third-order valence-electron chi connectivity index (χ3n) is 2.10. The second-order valence-electron chi connectivity index (χ2n) is 4.44. The van der Waals surface area contributed by atoms with E-state index in [1.165, 1.54) is 6.07 Å². The zero-order valence-corrected chi connectivity index (χ0v) is 11.3. The Labute approximate surface area is 98.9 Å². The van der Waals surface area contributed by atoms with Crippen molar-refractivity contribution in [1.82, 2.24) is 0 Å². The summed E-state index contributed by atoms with van der Waals surface area (Å²) < 4.78 is 22.8. The normalized spacial score (nSPS) is 12.9. The number of primary sulfonamides is 1. The van der Waals surface area contributed by atoms with Crippen molar-refractivity contribution in [3.8, 4) is 0 Å². The van der Waals surface area contributed by atoms with Crippen molar-refractivity contribution in [2.75, 3.05) is 0 Å². The molecule has 0 aliphatic carbocycles. The molecule has 2 N–H and O–H groups in total. The number of hydrogen-bond donors (Lipinski definition) is 1. The van der Waals surface area contributed by atoms with E-state index in [1.807, 2.05) is 0 Å². The second-order valence-corrected chi connectivity index (χ2v) is 6.82. The lowest BCUT2D eigenvalue weighted by atomic mass is 9.87. The van der Waals surface area contributed by atoms with Gasteiger partial charge in [0, 0.05) is 4.47 Å². The third-order valence-corrected chi connectivity index (χ3v) is 3.99. The molecule has 84 valence electrons. The maximum Gasteiger partial charge on any atom is 0.239 e. The lowest BCUT2D eigenvalue weighted by Gasteiger charge is -2.19. The fourth-order valence-corrected chi connectivity index (χ4v) is 2.84. The Morgan fingerprint density at radius 3 is 2.13 bits per heavy atom. The molecule has 0 fully saturated rings. The van der Waals surface area contributed by atoms with Crippen LogP contribution in [-0.2, 0) is 15.4 Å². The molecule has 1 aromatic rings. The summed E-state index contributed by atoms with van der Waals surface area (Å²) in [5, 5.41) is 5.06. The van der Waals surface area contributed by atoms with Gasteiger partial charge in [-0.1, -0.05) is 26.8 Å². The average Bonchev–Trinajstić information content (AvgIpc) is 1.99. The monoisotopic (exact) mass is 291 g/mol. The van der Waals surface area contributed by atoms with Crippen molar-refractivity contribution in [2.45, 2.75) is 31.1 Å². The zero-order valence-electron chi connectivity index (χ0n) is 8.91. The molecule has 0 saturated heterocycles. The van der Waals surface area contributed by atoms with Crippen LogP contribution in [0.4, 0.5) is 0 Å². The standard InChI is InChI=1S/C10H14BrNO2S/c1-10(2,3)7-4-5-9(8(11)6-7)15(12,13)14/h4-6H,1-3H3,(H2,12,13,14). The fraction of sp³-hybridized carbons (Fsp3) is 0.400. The first kappa shape index (κ1) is 12.7. The smallest absolute Gasteiger partial charge is 0.225 e. The van der Waals surface area contributed by atoms with E-state index in [4.69, 9.17) is 5.14 Å². The van der Waals surface area contributed by atoms with E-state index in [-0.39, 0.29) is 10.3 Å². The van der Waals surface area contributed by atoms with Gasteiger partial charge in [-0.15, -0.1) is 0 Å². The summed E-state index contributed by atoms with van der Waals surface area (Å²) in [6.45, 7) is 6.18. The van der Waals surface area contributed by atoms with Crippen LogP contribution >= 0.6 is 15.9 Å². The molecule has 0 unspecified atom stereocenters. The molecule has 15 heavy (non-hydrogen) atoms. The third kappa shape index (κ3) is 3.03. The second kappa shape index (κ2) is 3.88. The van der Waals surface area contributed by atoms with Gasteiger partial charge in [-0.25, -0.2) is 13.6 Å². The number of benzene rings is 1. The highest BCUT2D eigenvalue weighted by Crippen LogP contribution is 2.28. The van der Waals surface area contributed by atoms with Crippen LogP contribution in [0.2, 0.25) is 0 Å². The Kier molecular flexibility index (Phi) is 3.28. The van der Waals surface area contributed by atoms with Crippen LogP contribution in [0.15, 0.2) is 27.6 Å². The Morgan fingerprint density at radius 1 is 1.27 bits per heavy atom. The van der Waals surface area contributed by atoms with Crippen molar-refractivity contribution in [1.29, 1.82) is 0 Å². The summed E-state index contributed by atoms with van der Waals surface area (Å²) in [7, 11) is -3.64. The molecule has 3 nitrogen and oxygen atoms in total. The minimum Gasteiger partial charge on any atom is -0.225 e. The highest BCUT2D eigenvalue weighted by atomic mass is 79.9. The molecule has 0 saturated carbocycles. The summed E-state index contributed by atoms with van der Waals surface area (Å²) in [5.74, 6) is 0. The van der Waals surface area contributed by atoms with E-state index in [1.54, 1.807) is 12.1 Å². The minimum absolute atomic E-state index is 0.0145. The summed E-state index contributed by atoms with van der Waals surface area (Å²) >= 11 is 3.22. The number of rotatable bonds is 1. The molecule has 1 rings (SSSR count). The van der Waals surface area contributed by atoms with E-state index in [0.29, 0.717) is 4.47 Å². The van der Waals surface area contributed by atoms with Gasteiger partial charge in [0.05, 0.1) is 4.90 Å². The molecule has 0 bridgehead atoms. The average molecular weight is 292 g/mol. The van der Waals surface area contributed by atoms with Crippen LogP contribution in [0.5, 0.6) is 0 Å². The first-order valence-corrected chi connectivity index (χ1v) is 6.79. The molecule has 0 radical (unpaired) electrons. The molecule has 0 heterocycles. The summed E-state index contributed by atoms with van der Waals surface area (Å²) in [4.78, 5) is 0.121. The van der Waals surface area contributed by atoms with E-state index in [0.717, 1.165) is 5.56 Å². The van der Waals surface area contributed by atoms with Crippen molar-refractivity contribution in [3.63, 3.8) is 0 Å². The topological polar surface area (TPSA) is 60.2 Å². The first-order valence-electron chi connectivity index (χ1n) is 4.45. The fourth-order valence-electron chi connectivity index (χ4n) is 1.20. The van der Waals surface area contributed by atoms with Crippen molar-refractivity contribution >= 4 is 26.0 Å². The van der Waals surface area contributed by atoms with Gasteiger partial charge in [0.15, 0.2) is 0 Å². The lowest BCUT2D eigenvalue weighted by Crippen LogP contribution is -2.15. The number of hydrogen-bond acceptors (Lipinski definition) is 2. The molecule has 0 amide bonds. The predicted molar refractivity (Wildman–Crippen MR) is 64.2 cm³/mol. The van der Waals surface area contributed by atoms with Gasteiger partial charge in [0.2, 0.25) is 10.0 Å². The Bertz CT molecular complexity index is 475. The van der Waals surface area contributed by atoms with Gasteiger partial charge >= 0.3 is 0 Å². The molecule has 0 atom stereocenters. The van der Waals surface area contributed by atoms with Crippen molar-refractivity contribution < 1.29 is 8.42 Å². The van der Waals surface area contributed by atoms with E-state index >= 15 is 0 Å². The summed E-state index contributed by atoms with van der Waals surface area (Å²) in [5.41, 5.74) is 1.04. The quantitative estimate of drug-likeness (QED) is 0.864. The number of halogens is 1. The van der Waals surface area contributed by atoms with Gasteiger partial charge in [-0.05, 0) is 39.0 Å². The van der Waals surface area contributed by atoms with Crippen LogP contribution in [0, 0.1) is 0 Å². The highest BCUT2D eigenvalue weighted by molar-refractivity contribution is 9.10. The molecule has 1 aromatic carbocycles. The van der Waals surface area contributed by atoms with Crippen LogP contribution in [-0.4, -0.2) is 8.42 Å². The minimum atomic E-state index is -3.64. The molecule has 0 aromatic heterocycles. The number of nitrogens with two attached hydrogens (primary N) is 1. The van der Waals surface area contributed by atoms with Gasteiger partial charge < -0.3 is 0 Å². The molecular weight excluding hydrogens is 278 g/mol. The predicted octanol–water partition coefficient (Wildman–Crippen LogP) is 2.39. The first-order chi connectivity index (χ1) is 6.62. The molecular formula is C10H14BrNO2S. The maximum absolute atomic E-state index is 11.2. The molecule has 0 aliphatic heterocycles. The number of sulfonamides is 1. The van der Waals surface area contributed by atoms with E-state index in [9.17, 15) is 8.42 Å². The summed E-state index contributed by atoms with van der Waals surface area (Å²) in [6, 6.07) is 5.10. The van der Waals surface area contributed by atoms with Crippen molar-refractivity contribution in [3.05, 3.63) is 28.2 Å². The van der Waals surface area contributed by atoms with Gasteiger partial charge in [0.25, 0.3) is 0 Å². The van der Waals surface area contributed by atoms with Crippen LogP contribution in [0.25, 0.3) is 0 Å². The van der Waals surface area contributed by atoms with Crippen LogP contribution in [0.3, 0.4) is 0 Å². The highest BCUT2D eigenvalue weighted by Gasteiger charge is 2.18. The maximum atomic E-state index is 11.2. The summed E-state index contributed by atoms with van der Waals surface area (Å²) in [6.07, 6.45) is 0. The molecule has 0 aliphatic rings. The Balaban J connectivity index is 3.34. The Morgan fingerprint density at radius 2 is 1.80 bits per heavy atom.